The van der Waals surface area contributed by atoms with Gasteiger partial charge in [0.05, 0.1) is 11.1 Å². The molecule has 28 heavy (non-hydrogen) atoms. The fourth-order valence-corrected chi connectivity index (χ4v) is 6.04. The SMILES string of the molecule is CCCn1c(SCC(=O)c2cc(C)ccc2C)nc2sc3c(c2c1=O)CCC3. The lowest BCUT2D eigenvalue weighted by Crippen LogP contribution is -2.23. The summed E-state index contributed by atoms with van der Waals surface area (Å²) in [6, 6.07) is 5.94. The van der Waals surface area contributed by atoms with E-state index in [4.69, 9.17) is 4.98 Å². The van der Waals surface area contributed by atoms with E-state index in [0.717, 1.165) is 52.6 Å². The van der Waals surface area contributed by atoms with E-state index >= 15 is 0 Å². The van der Waals surface area contributed by atoms with Gasteiger partial charge in [0.2, 0.25) is 0 Å². The van der Waals surface area contributed by atoms with Gasteiger partial charge in [-0.3, -0.25) is 14.2 Å². The number of aromatic nitrogens is 2. The molecule has 0 unspecified atom stereocenters. The molecule has 0 N–H and O–H groups in total. The maximum Gasteiger partial charge on any atom is 0.263 e. The number of thiophene rings is 1. The lowest BCUT2D eigenvalue weighted by molar-refractivity contribution is 0.102. The summed E-state index contributed by atoms with van der Waals surface area (Å²) in [5.41, 5.74) is 4.10. The number of Topliss-reactive ketones (excluding diaryl/α,β-unsaturated/α-hetero) is 1. The predicted octanol–water partition coefficient (Wildman–Crippen LogP) is 4.95. The van der Waals surface area contributed by atoms with Crippen molar-refractivity contribution in [3.63, 3.8) is 0 Å². The molecular weight excluding hydrogens is 388 g/mol. The molecule has 0 fully saturated rings. The van der Waals surface area contributed by atoms with Crippen molar-refractivity contribution in [1.29, 1.82) is 0 Å². The first kappa shape index (κ1) is 19.4. The Morgan fingerprint density at radius 2 is 2.11 bits per heavy atom. The molecule has 2 aromatic heterocycles. The number of carbonyl (C=O) groups is 1. The van der Waals surface area contributed by atoms with Gasteiger partial charge in [-0.2, -0.15) is 0 Å². The van der Waals surface area contributed by atoms with Crippen molar-refractivity contribution in [1.82, 2.24) is 9.55 Å². The molecule has 0 saturated carbocycles. The number of nitrogens with zero attached hydrogens (tertiary/aromatic N) is 2. The van der Waals surface area contributed by atoms with Crippen molar-refractivity contribution in [2.45, 2.75) is 58.2 Å². The minimum absolute atomic E-state index is 0.0629. The van der Waals surface area contributed by atoms with Gasteiger partial charge in [-0.15, -0.1) is 11.3 Å². The van der Waals surface area contributed by atoms with E-state index in [1.807, 2.05) is 32.0 Å². The van der Waals surface area contributed by atoms with Gasteiger partial charge >= 0.3 is 0 Å². The van der Waals surface area contributed by atoms with E-state index in [1.54, 1.807) is 15.9 Å². The summed E-state index contributed by atoms with van der Waals surface area (Å²) in [6.45, 7) is 6.65. The summed E-state index contributed by atoms with van der Waals surface area (Å²) < 4.78 is 1.77. The predicted molar refractivity (Wildman–Crippen MR) is 117 cm³/mol. The van der Waals surface area contributed by atoms with Gasteiger partial charge in [0, 0.05) is 17.0 Å². The smallest absolute Gasteiger partial charge is 0.263 e. The number of benzene rings is 1. The molecule has 1 aliphatic carbocycles. The zero-order valence-corrected chi connectivity index (χ0v) is 18.1. The number of ketones is 1. The first-order valence-corrected chi connectivity index (χ1v) is 11.6. The van der Waals surface area contributed by atoms with Crippen LogP contribution in [0.1, 0.15) is 51.7 Å². The van der Waals surface area contributed by atoms with Gasteiger partial charge in [-0.05, 0) is 56.7 Å². The van der Waals surface area contributed by atoms with E-state index in [1.165, 1.54) is 22.2 Å². The van der Waals surface area contributed by atoms with Crippen LogP contribution in [0.4, 0.5) is 0 Å². The molecule has 0 bridgehead atoms. The monoisotopic (exact) mass is 412 g/mol. The standard InChI is InChI=1S/C22H24N2O2S2/c1-4-10-24-21(26)19-15-6-5-7-18(15)28-20(19)23-22(24)27-12-17(25)16-11-13(2)8-9-14(16)3/h8-9,11H,4-7,10,12H2,1-3H3. The molecule has 4 nitrogen and oxygen atoms in total. The first-order chi connectivity index (χ1) is 13.5. The van der Waals surface area contributed by atoms with Gasteiger partial charge in [0.1, 0.15) is 4.83 Å². The summed E-state index contributed by atoms with van der Waals surface area (Å²) in [6.07, 6.45) is 4.02. The summed E-state index contributed by atoms with van der Waals surface area (Å²) in [7, 11) is 0. The summed E-state index contributed by atoms with van der Waals surface area (Å²) in [5, 5.41) is 1.48. The number of carbonyl (C=O) groups excluding carboxylic acids is 1. The fourth-order valence-electron chi connectivity index (χ4n) is 3.83. The number of hydrogen-bond acceptors (Lipinski definition) is 5. The van der Waals surface area contributed by atoms with Crippen molar-refractivity contribution < 1.29 is 4.79 Å². The van der Waals surface area contributed by atoms with Gasteiger partial charge in [0.25, 0.3) is 5.56 Å². The zero-order chi connectivity index (χ0) is 19.8. The minimum Gasteiger partial charge on any atom is -0.293 e. The summed E-state index contributed by atoms with van der Waals surface area (Å²) in [4.78, 5) is 33.0. The largest absolute Gasteiger partial charge is 0.293 e. The Morgan fingerprint density at radius 1 is 1.29 bits per heavy atom. The van der Waals surface area contributed by atoms with Crippen LogP contribution in [-0.2, 0) is 19.4 Å². The third-order valence-corrected chi connectivity index (χ3v) is 7.42. The van der Waals surface area contributed by atoms with Crippen LogP contribution >= 0.6 is 23.1 Å². The maximum absolute atomic E-state index is 13.2. The summed E-state index contributed by atoms with van der Waals surface area (Å²) in [5.74, 6) is 0.370. The van der Waals surface area contributed by atoms with Crippen molar-refractivity contribution in [3.05, 3.63) is 55.7 Å². The van der Waals surface area contributed by atoms with Crippen molar-refractivity contribution in [3.8, 4) is 0 Å². The molecule has 3 aromatic rings. The Balaban J connectivity index is 1.68. The van der Waals surface area contributed by atoms with E-state index in [-0.39, 0.29) is 17.1 Å². The third kappa shape index (κ3) is 3.44. The Kier molecular flexibility index (Phi) is 5.43. The van der Waals surface area contributed by atoms with Crippen molar-refractivity contribution in [2.24, 2.45) is 0 Å². The summed E-state index contributed by atoms with van der Waals surface area (Å²) >= 11 is 3.04. The van der Waals surface area contributed by atoms with Crippen molar-refractivity contribution >= 4 is 39.1 Å². The molecule has 146 valence electrons. The average molecular weight is 413 g/mol. The minimum atomic E-state index is 0.0629. The topological polar surface area (TPSA) is 52.0 Å². The Bertz CT molecular complexity index is 1130. The second-order valence-electron chi connectivity index (χ2n) is 7.42. The van der Waals surface area contributed by atoms with Crippen LogP contribution in [-0.4, -0.2) is 21.1 Å². The number of hydrogen-bond donors (Lipinski definition) is 0. The van der Waals surface area contributed by atoms with E-state index in [2.05, 4.69) is 6.92 Å². The van der Waals surface area contributed by atoms with Crippen LogP contribution in [0.2, 0.25) is 0 Å². The highest BCUT2D eigenvalue weighted by molar-refractivity contribution is 7.99. The quantitative estimate of drug-likeness (QED) is 0.327. The highest BCUT2D eigenvalue weighted by Gasteiger charge is 2.23. The Labute approximate surface area is 173 Å². The Hall–Kier alpha value is -1.92. The van der Waals surface area contributed by atoms with Crippen LogP contribution in [0, 0.1) is 13.8 Å². The fraction of sp³-hybridized carbons (Fsp3) is 0.409. The molecule has 0 aliphatic heterocycles. The lowest BCUT2D eigenvalue weighted by atomic mass is 10.0. The molecule has 1 aliphatic rings. The average Bonchev–Trinajstić information content (AvgIpc) is 3.25. The normalized spacial score (nSPS) is 13.2. The molecule has 0 saturated heterocycles. The molecule has 0 radical (unpaired) electrons. The molecule has 4 rings (SSSR count). The molecule has 0 amide bonds. The van der Waals surface area contributed by atoms with Crippen molar-refractivity contribution in [2.75, 3.05) is 5.75 Å². The zero-order valence-electron chi connectivity index (χ0n) is 16.5. The second-order valence-corrected chi connectivity index (χ2v) is 9.45. The van der Waals surface area contributed by atoms with Crippen LogP contribution < -0.4 is 5.56 Å². The highest BCUT2D eigenvalue weighted by atomic mass is 32.2. The molecule has 2 heterocycles. The third-order valence-electron chi connectivity index (χ3n) is 5.26. The Morgan fingerprint density at radius 3 is 2.89 bits per heavy atom. The van der Waals surface area contributed by atoms with E-state index in [0.29, 0.717) is 11.7 Å². The highest BCUT2D eigenvalue weighted by Crippen LogP contribution is 2.35. The van der Waals surface area contributed by atoms with Gasteiger partial charge in [0.15, 0.2) is 10.9 Å². The molecule has 0 spiro atoms. The van der Waals surface area contributed by atoms with E-state index in [9.17, 15) is 9.59 Å². The van der Waals surface area contributed by atoms with Gasteiger partial charge in [-0.1, -0.05) is 36.4 Å². The van der Waals surface area contributed by atoms with Crippen LogP contribution in [0.5, 0.6) is 0 Å². The number of aryl methyl sites for hydroxylation is 4. The van der Waals surface area contributed by atoms with E-state index < -0.39 is 0 Å². The van der Waals surface area contributed by atoms with Crippen LogP contribution in [0.25, 0.3) is 10.2 Å². The van der Waals surface area contributed by atoms with Gasteiger partial charge < -0.3 is 0 Å². The van der Waals surface area contributed by atoms with Gasteiger partial charge in [-0.25, -0.2) is 4.98 Å². The molecule has 6 heteroatoms. The molecule has 1 aromatic carbocycles. The second kappa shape index (κ2) is 7.84. The number of thioether (sulfide) groups is 1. The van der Waals surface area contributed by atoms with Crippen LogP contribution in [0.15, 0.2) is 28.2 Å². The number of rotatable bonds is 6. The lowest BCUT2D eigenvalue weighted by Gasteiger charge is -2.12. The molecule has 0 atom stereocenters. The number of fused-ring (bicyclic) bond motifs is 3. The maximum atomic E-state index is 13.2. The first-order valence-electron chi connectivity index (χ1n) is 9.78. The molecular formula is C22H24N2O2S2. The van der Waals surface area contributed by atoms with Crippen LogP contribution in [0.3, 0.4) is 0 Å².